The SMILES string of the molecule is Cc1ccc(C(=O)N/N=C\c2ccc(O)cc2)o1. The van der Waals surface area contributed by atoms with Crippen molar-refractivity contribution in [1.29, 1.82) is 0 Å². The van der Waals surface area contributed by atoms with E-state index in [0.717, 1.165) is 5.56 Å². The van der Waals surface area contributed by atoms with Gasteiger partial charge in [0, 0.05) is 0 Å². The van der Waals surface area contributed by atoms with Gasteiger partial charge in [0.25, 0.3) is 0 Å². The maximum atomic E-state index is 11.5. The number of hydrogen-bond acceptors (Lipinski definition) is 4. The van der Waals surface area contributed by atoms with Crippen molar-refractivity contribution < 1.29 is 14.3 Å². The summed E-state index contributed by atoms with van der Waals surface area (Å²) in [6.45, 7) is 1.76. The molecule has 2 N–H and O–H groups in total. The van der Waals surface area contributed by atoms with Crippen LogP contribution in [0.4, 0.5) is 0 Å². The van der Waals surface area contributed by atoms with Gasteiger partial charge in [0.15, 0.2) is 5.76 Å². The van der Waals surface area contributed by atoms with E-state index in [9.17, 15) is 4.79 Å². The van der Waals surface area contributed by atoms with Crippen LogP contribution in [0.3, 0.4) is 0 Å². The highest BCUT2D eigenvalue weighted by Crippen LogP contribution is 2.08. The van der Waals surface area contributed by atoms with E-state index in [1.54, 1.807) is 43.3 Å². The van der Waals surface area contributed by atoms with Crippen LogP contribution in [0.2, 0.25) is 0 Å². The minimum atomic E-state index is -0.405. The summed E-state index contributed by atoms with van der Waals surface area (Å²) in [4.78, 5) is 11.5. The molecule has 5 heteroatoms. The molecule has 92 valence electrons. The van der Waals surface area contributed by atoms with Gasteiger partial charge >= 0.3 is 5.91 Å². The molecule has 0 atom stereocenters. The molecule has 1 aromatic heterocycles. The summed E-state index contributed by atoms with van der Waals surface area (Å²) in [5, 5.41) is 12.9. The lowest BCUT2D eigenvalue weighted by Crippen LogP contribution is -2.16. The molecule has 18 heavy (non-hydrogen) atoms. The van der Waals surface area contributed by atoms with Crippen LogP contribution in [0.25, 0.3) is 0 Å². The number of hydrogen-bond donors (Lipinski definition) is 2. The van der Waals surface area contributed by atoms with Crippen LogP contribution in [0.1, 0.15) is 21.9 Å². The van der Waals surface area contributed by atoms with Gasteiger partial charge in [0.1, 0.15) is 11.5 Å². The van der Waals surface area contributed by atoms with Crippen LogP contribution in [0, 0.1) is 6.92 Å². The van der Waals surface area contributed by atoms with Crippen LogP contribution in [-0.4, -0.2) is 17.2 Å². The fourth-order valence-corrected chi connectivity index (χ4v) is 1.34. The number of benzene rings is 1. The first-order valence-corrected chi connectivity index (χ1v) is 5.34. The summed E-state index contributed by atoms with van der Waals surface area (Å²) in [6, 6.07) is 9.74. The average molecular weight is 244 g/mol. The van der Waals surface area contributed by atoms with E-state index in [0.29, 0.717) is 5.76 Å². The zero-order valence-electron chi connectivity index (χ0n) is 9.75. The third-order valence-corrected chi connectivity index (χ3v) is 2.24. The molecule has 5 nitrogen and oxygen atoms in total. The molecule has 0 aliphatic heterocycles. The average Bonchev–Trinajstić information content (AvgIpc) is 2.78. The van der Waals surface area contributed by atoms with E-state index in [4.69, 9.17) is 9.52 Å². The number of nitrogens with zero attached hydrogens (tertiary/aromatic N) is 1. The Labute approximate surface area is 104 Å². The first-order chi connectivity index (χ1) is 8.65. The Hall–Kier alpha value is -2.56. The fourth-order valence-electron chi connectivity index (χ4n) is 1.34. The first-order valence-electron chi connectivity index (χ1n) is 5.34. The Morgan fingerprint density at radius 1 is 1.28 bits per heavy atom. The number of amides is 1. The number of aryl methyl sites for hydroxylation is 1. The lowest BCUT2D eigenvalue weighted by Gasteiger charge is -1.96. The Morgan fingerprint density at radius 2 is 2.00 bits per heavy atom. The number of aromatic hydroxyl groups is 1. The maximum absolute atomic E-state index is 11.5. The van der Waals surface area contributed by atoms with Crippen molar-refractivity contribution in [3.05, 3.63) is 53.5 Å². The molecule has 0 aliphatic rings. The highest BCUT2D eigenvalue weighted by Gasteiger charge is 2.07. The van der Waals surface area contributed by atoms with E-state index in [-0.39, 0.29) is 11.5 Å². The Balaban J connectivity index is 1.95. The van der Waals surface area contributed by atoms with E-state index in [1.807, 2.05) is 0 Å². The smallest absolute Gasteiger partial charge is 0.307 e. The summed E-state index contributed by atoms with van der Waals surface area (Å²) in [6.07, 6.45) is 1.48. The van der Waals surface area contributed by atoms with Gasteiger partial charge in [-0.3, -0.25) is 4.79 Å². The second-order valence-corrected chi connectivity index (χ2v) is 3.70. The molecule has 0 radical (unpaired) electrons. The molecule has 0 spiro atoms. The van der Waals surface area contributed by atoms with Gasteiger partial charge in [-0.2, -0.15) is 5.10 Å². The molecular formula is C13H12N2O3. The number of furan rings is 1. The molecule has 0 fully saturated rings. The number of carbonyl (C=O) groups excluding carboxylic acids is 1. The van der Waals surface area contributed by atoms with Crippen LogP contribution in [-0.2, 0) is 0 Å². The second-order valence-electron chi connectivity index (χ2n) is 3.70. The predicted octanol–water partition coefficient (Wildman–Crippen LogP) is 2.06. The maximum Gasteiger partial charge on any atom is 0.307 e. The molecule has 2 aromatic rings. The molecule has 0 unspecified atom stereocenters. The van der Waals surface area contributed by atoms with Crippen molar-refractivity contribution in [1.82, 2.24) is 5.43 Å². The summed E-state index contributed by atoms with van der Waals surface area (Å²) in [5.74, 6) is 0.665. The van der Waals surface area contributed by atoms with Crippen molar-refractivity contribution >= 4 is 12.1 Å². The number of carbonyl (C=O) groups is 1. The van der Waals surface area contributed by atoms with Gasteiger partial charge in [0.2, 0.25) is 0 Å². The van der Waals surface area contributed by atoms with Crippen molar-refractivity contribution in [2.45, 2.75) is 6.92 Å². The Morgan fingerprint density at radius 3 is 2.61 bits per heavy atom. The van der Waals surface area contributed by atoms with Crippen molar-refractivity contribution in [3.8, 4) is 5.75 Å². The summed E-state index contributed by atoms with van der Waals surface area (Å²) in [5.41, 5.74) is 3.12. The van der Waals surface area contributed by atoms with Gasteiger partial charge in [-0.15, -0.1) is 0 Å². The highest BCUT2D eigenvalue weighted by atomic mass is 16.3. The van der Waals surface area contributed by atoms with Gasteiger partial charge < -0.3 is 9.52 Å². The molecule has 0 saturated heterocycles. The van der Waals surface area contributed by atoms with Crippen LogP contribution < -0.4 is 5.43 Å². The largest absolute Gasteiger partial charge is 0.508 e. The van der Waals surface area contributed by atoms with E-state index < -0.39 is 5.91 Å². The summed E-state index contributed by atoms with van der Waals surface area (Å²) < 4.78 is 5.14. The minimum Gasteiger partial charge on any atom is -0.508 e. The standard InChI is InChI=1S/C13H12N2O3/c1-9-2-7-12(18-9)13(17)15-14-8-10-3-5-11(16)6-4-10/h2-8,16H,1H3,(H,15,17)/b14-8-. The monoisotopic (exact) mass is 244 g/mol. The third kappa shape index (κ3) is 2.98. The summed E-state index contributed by atoms with van der Waals surface area (Å²) in [7, 11) is 0. The predicted molar refractivity (Wildman–Crippen MR) is 66.6 cm³/mol. The molecule has 0 saturated carbocycles. The number of rotatable bonds is 3. The zero-order chi connectivity index (χ0) is 13.0. The van der Waals surface area contributed by atoms with Gasteiger partial charge in [-0.1, -0.05) is 0 Å². The van der Waals surface area contributed by atoms with Crippen molar-refractivity contribution in [2.24, 2.45) is 5.10 Å². The number of phenols is 1. The lowest BCUT2D eigenvalue weighted by molar-refractivity contribution is 0.0926. The topological polar surface area (TPSA) is 74.8 Å². The molecule has 0 bridgehead atoms. The molecule has 2 rings (SSSR count). The summed E-state index contributed by atoms with van der Waals surface area (Å²) >= 11 is 0. The Kier molecular flexibility index (Phi) is 3.43. The first kappa shape index (κ1) is 11.9. The van der Waals surface area contributed by atoms with E-state index >= 15 is 0 Å². The van der Waals surface area contributed by atoms with Crippen molar-refractivity contribution in [2.75, 3.05) is 0 Å². The molecule has 1 aromatic carbocycles. The highest BCUT2D eigenvalue weighted by molar-refractivity contribution is 5.92. The Bertz CT molecular complexity index is 570. The van der Waals surface area contributed by atoms with Crippen molar-refractivity contribution in [3.63, 3.8) is 0 Å². The van der Waals surface area contributed by atoms with E-state index in [1.165, 1.54) is 6.21 Å². The molecular weight excluding hydrogens is 232 g/mol. The van der Waals surface area contributed by atoms with Crippen LogP contribution >= 0.6 is 0 Å². The number of hydrazone groups is 1. The fraction of sp³-hybridized carbons (Fsp3) is 0.0769. The number of phenolic OH excluding ortho intramolecular Hbond substituents is 1. The normalized spacial score (nSPS) is 10.7. The zero-order valence-corrected chi connectivity index (χ0v) is 9.75. The third-order valence-electron chi connectivity index (χ3n) is 2.24. The van der Waals surface area contributed by atoms with Gasteiger partial charge in [-0.05, 0) is 48.9 Å². The van der Waals surface area contributed by atoms with Crippen LogP contribution in [0.15, 0.2) is 45.9 Å². The van der Waals surface area contributed by atoms with Gasteiger partial charge in [0.05, 0.1) is 6.21 Å². The molecule has 1 amide bonds. The lowest BCUT2D eigenvalue weighted by atomic mass is 10.2. The van der Waals surface area contributed by atoms with Gasteiger partial charge in [-0.25, -0.2) is 5.43 Å². The van der Waals surface area contributed by atoms with Crippen LogP contribution in [0.5, 0.6) is 5.75 Å². The minimum absolute atomic E-state index is 0.183. The molecule has 1 heterocycles. The molecule has 0 aliphatic carbocycles. The van der Waals surface area contributed by atoms with E-state index in [2.05, 4.69) is 10.5 Å². The number of nitrogens with one attached hydrogen (secondary N) is 1. The quantitative estimate of drug-likeness (QED) is 0.641. The second kappa shape index (κ2) is 5.18.